The van der Waals surface area contributed by atoms with Crippen LogP contribution in [0.5, 0.6) is 0 Å². The summed E-state index contributed by atoms with van der Waals surface area (Å²) in [6.07, 6.45) is 1.22. The number of hydrogen-bond acceptors (Lipinski definition) is 3. The minimum absolute atomic E-state index is 0.0605. The fraction of sp³-hybridized carbons (Fsp3) is 0.500. The smallest absolute Gasteiger partial charge is 0.246 e. The summed E-state index contributed by atoms with van der Waals surface area (Å²) in [4.78, 5) is 25.6. The van der Waals surface area contributed by atoms with Crippen LogP contribution in [0.15, 0.2) is 17.2 Å². The monoisotopic (exact) mass is 313 g/mol. The maximum absolute atomic E-state index is 12.2. The number of benzene rings is 1. The number of anilines is 1. The van der Waals surface area contributed by atoms with E-state index in [0.29, 0.717) is 12.3 Å². The van der Waals surface area contributed by atoms with Gasteiger partial charge in [-0.3, -0.25) is 9.59 Å². The molecule has 0 radical (unpaired) electrons. The van der Waals surface area contributed by atoms with Gasteiger partial charge in [-0.15, -0.1) is 0 Å². The lowest BCUT2D eigenvalue weighted by Crippen LogP contribution is -2.50. The van der Waals surface area contributed by atoms with Gasteiger partial charge in [0.1, 0.15) is 0 Å². The summed E-state index contributed by atoms with van der Waals surface area (Å²) in [5.74, 6) is 0.336. The van der Waals surface area contributed by atoms with E-state index in [1.807, 2.05) is 11.8 Å². The van der Waals surface area contributed by atoms with Crippen molar-refractivity contribution in [2.45, 2.75) is 58.9 Å². The van der Waals surface area contributed by atoms with E-state index in [1.54, 1.807) is 6.92 Å². The van der Waals surface area contributed by atoms with E-state index in [0.717, 1.165) is 34.5 Å². The molecule has 0 aromatic heterocycles. The summed E-state index contributed by atoms with van der Waals surface area (Å²) in [5.41, 5.74) is 7.27. The standard InChI is InChI=1S/C18H23N3O2/c1-10-6-16-14(7-13(10)15-8-17(23)20-19-15)11(2)9-18(4,5)21(16)12(3)22/h6-7,11H,8-9H2,1-5H3,(H,20,23). The number of hydrogen-bond donors (Lipinski definition) is 1. The number of nitrogens with zero attached hydrogens (tertiary/aromatic N) is 2. The topological polar surface area (TPSA) is 61.8 Å². The van der Waals surface area contributed by atoms with Crippen molar-refractivity contribution in [3.05, 3.63) is 28.8 Å². The number of amides is 2. The van der Waals surface area contributed by atoms with E-state index >= 15 is 0 Å². The number of carbonyl (C=O) groups excluding carboxylic acids is 2. The summed E-state index contributed by atoms with van der Waals surface area (Å²) in [6.45, 7) is 10.0. The molecule has 0 saturated carbocycles. The van der Waals surface area contributed by atoms with Gasteiger partial charge in [0.25, 0.3) is 0 Å². The van der Waals surface area contributed by atoms with E-state index in [2.05, 4.69) is 43.4 Å². The fourth-order valence-corrected chi connectivity index (χ4v) is 4.00. The lowest BCUT2D eigenvalue weighted by Gasteiger charge is -2.46. The first-order valence-corrected chi connectivity index (χ1v) is 8.02. The fourth-order valence-electron chi connectivity index (χ4n) is 4.00. The minimum Gasteiger partial charge on any atom is -0.307 e. The number of aryl methyl sites for hydroxylation is 1. The molecule has 3 rings (SSSR count). The molecule has 1 aromatic rings. The average molecular weight is 313 g/mol. The third-order valence-corrected chi connectivity index (χ3v) is 4.83. The van der Waals surface area contributed by atoms with Crippen molar-refractivity contribution in [3.63, 3.8) is 0 Å². The van der Waals surface area contributed by atoms with E-state index in [9.17, 15) is 9.59 Å². The molecule has 0 aliphatic carbocycles. The highest BCUT2D eigenvalue weighted by Crippen LogP contribution is 2.44. The lowest BCUT2D eigenvalue weighted by molar-refractivity contribution is -0.119. The van der Waals surface area contributed by atoms with Gasteiger partial charge in [0.2, 0.25) is 11.8 Å². The van der Waals surface area contributed by atoms with E-state index in [4.69, 9.17) is 0 Å². The molecule has 0 fully saturated rings. The van der Waals surface area contributed by atoms with E-state index in [-0.39, 0.29) is 17.4 Å². The average Bonchev–Trinajstić information content (AvgIpc) is 2.82. The largest absolute Gasteiger partial charge is 0.307 e. The van der Waals surface area contributed by atoms with Gasteiger partial charge >= 0.3 is 0 Å². The minimum atomic E-state index is -0.200. The Morgan fingerprint density at radius 3 is 2.65 bits per heavy atom. The van der Waals surface area contributed by atoms with Crippen LogP contribution in [0.25, 0.3) is 0 Å². The molecule has 2 heterocycles. The molecule has 1 unspecified atom stereocenters. The zero-order chi connectivity index (χ0) is 16.9. The first-order valence-electron chi connectivity index (χ1n) is 8.02. The normalized spacial score (nSPS) is 22.5. The van der Waals surface area contributed by atoms with Crippen molar-refractivity contribution in [1.82, 2.24) is 5.43 Å². The highest BCUT2D eigenvalue weighted by Gasteiger charge is 2.39. The van der Waals surface area contributed by atoms with Crippen molar-refractivity contribution in [3.8, 4) is 0 Å². The van der Waals surface area contributed by atoms with Crippen LogP contribution < -0.4 is 10.3 Å². The summed E-state index contributed by atoms with van der Waals surface area (Å²) in [6, 6.07) is 4.18. The van der Waals surface area contributed by atoms with Gasteiger partial charge in [-0.25, -0.2) is 5.43 Å². The Balaban J connectivity index is 2.15. The van der Waals surface area contributed by atoms with Crippen LogP contribution in [0.1, 0.15) is 63.1 Å². The Morgan fingerprint density at radius 1 is 1.39 bits per heavy atom. The van der Waals surface area contributed by atoms with Gasteiger partial charge in [0, 0.05) is 23.7 Å². The van der Waals surface area contributed by atoms with Crippen molar-refractivity contribution in [2.75, 3.05) is 4.90 Å². The van der Waals surface area contributed by atoms with Crippen molar-refractivity contribution >= 4 is 23.2 Å². The molecule has 23 heavy (non-hydrogen) atoms. The van der Waals surface area contributed by atoms with E-state index in [1.165, 1.54) is 0 Å². The van der Waals surface area contributed by atoms with Gasteiger partial charge in [0.05, 0.1) is 12.1 Å². The molecular weight excluding hydrogens is 290 g/mol. The van der Waals surface area contributed by atoms with Gasteiger partial charge in [-0.05, 0) is 56.4 Å². The lowest BCUT2D eigenvalue weighted by atomic mass is 9.78. The number of carbonyl (C=O) groups is 2. The summed E-state index contributed by atoms with van der Waals surface area (Å²) in [5, 5.41) is 4.14. The van der Waals surface area contributed by atoms with Crippen molar-refractivity contribution < 1.29 is 9.59 Å². The summed E-state index contributed by atoms with van der Waals surface area (Å²) < 4.78 is 0. The van der Waals surface area contributed by atoms with Crippen LogP contribution in [0.3, 0.4) is 0 Å². The van der Waals surface area contributed by atoms with Gasteiger partial charge in [-0.1, -0.05) is 6.92 Å². The third kappa shape index (κ3) is 2.54. The van der Waals surface area contributed by atoms with Crippen LogP contribution in [-0.4, -0.2) is 23.1 Å². The molecule has 0 bridgehead atoms. The molecule has 2 amide bonds. The molecular formula is C18H23N3O2. The molecule has 1 atom stereocenters. The van der Waals surface area contributed by atoms with Crippen LogP contribution in [0, 0.1) is 6.92 Å². The second-order valence-corrected chi connectivity index (χ2v) is 7.27. The molecule has 1 N–H and O–H groups in total. The quantitative estimate of drug-likeness (QED) is 0.866. The number of hydrazone groups is 1. The Morgan fingerprint density at radius 2 is 2.09 bits per heavy atom. The highest BCUT2D eigenvalue weighted by atomic mass is 16.2. The molecule has 5 heteroatoms. The Labute approximate surface area is 136 Å². The Kier molecular flexibility index (Phi) is 3.54. The summed E-state index contributed by atoms with van der Waals surface area (Å²) in [7, 11) is 0. The maximum atomic E-state index is 12.2. The molecule has 5 nitrogen and oxygen atoms in total. The first-order chi connectivity index (χ1) is 10.7. The maximum Gasteiger partial charge on any atom is 0.246 e. The number of fused-ring (bicyclic) bond motifs is 1. The zero-order valence-corrected chi connectivity index (χ0v) is 14.4. The molecule has 1 aromatic carbocycles. The summed E-state index contributed by atoms with van der Waals surface area (Å²) >= 11 is 0. The van der Waals surface area contributed by atoms with Crippen LogP contribution in [0.2, 0.25) is 0 Å². The third-order valence-electron chi connectivity index (χ3n) is 4.83. The Bertz CT molecular complexity index is 734. The van der Waals surface area contributed by atoms with Crippen molar-refractivity contribution in [2.24, 2.45) is 5.10 Å². The van der Waals surface area contributed by atoms with Crippen LogP contribution in [-0.2, 0) is 9.59 Å². The molecule has 2 aliphatic heterocycles. The predicted octanol–water partition coefficient (Wildman–Crippen LogP) is 2.86. The van der Waals surface area contributed by atoms with Gasteiger partial charge in [-0.2, -0.15) is 5.10 Å². The highest BCUT2D eigenvalue weighted by molar-refractivity contribution is 6.14. The van der Waals surface area contributed by atoms with Crippen molar-refractivity contribution in [1.29, 1.82) is 0 Å². The van der Waals surface area contributed by atoms with Crippen LogP contribution in [0.4, 0.5) is 5.69 Å². The second kappa shape index (κ2) is 5.18. The zero-order valence-electron chi connectivity index (χ0n) is 14.4. The second-order valence-electron chi connectivity index (χ2n) is 7.27. The molecule has 0 saturated heterocycles. The predicted molar refractivity (Wildman–Crippen MR) is 90.7 cm³/mol. The molecule has 2 aliphatic rings. The first kappa shape index (κ1) is 15.7. The van der Waals surface area contributed by atoms with E-state index < -0.39 is 0 Å². The molecule has 122 valence electrons. The SMILES string of the molecule is CC(=O)N1c2cc(C)c(C3=NNC(=O)C3)cc2C(C)CC1(C)C. The Hall–Kier alpha value is -2.17. The van der Waals surface area contributed by atoms with Gasteiger partial charge in [0.15, 0.2) is 0 Å². The van der Waals surface area contributed by atoms with Crippen LogP contribution >= 0.6 is 0 Å². The van der Waals surface area contributed by atoms with Gasteiger partial charge < -0.3 is 4.90 Å². The number of nitrogens with one attached hydrogen (secondary N) is 1. The number of rotatable bonds is 1. The molecule has 0 spiro atoms.